The molecule has 0 spiro atoms. The molecule has 0 saturated carbocycles. The molecule has 1 fully saturated rings. The van der Waals surface area contributed by atoms with E-state index in [1.54, 1.807) is 0 Å². The van der Waals surface area contributed by atoms with Gasteiger partial charge in [0.05, 0.1) is 24.0 Å². The minimum atomic E-state index is -0.450. The Kier molecular flexibility index (Phi) is 8.76. The van der Waals surface area contributed by atoms with Crippen molar-refractivity contribution in [2.75, 3.05) is 43.5 Å². The van der Waals surface area contributed by atoms with Gasteiger partial charge in [-0.3, -0.25) is 14.9 Å². The van der Waals surface area contributed by atoms with Crippen LogP contribution in [0.15, 0.2) is 66.7 Å². The lowest BCUT2D eigenvalue weighted by Gasteiger charge is -2.33. The summed E-state index contributed by atoms with van der Waals surface area (Å²) in [6, 6.07) is 21.3. The Morgan fingerprint density at radius 2 is 1.75 bits per heavy atom. The third-order valence-corrected chi connectivity index (χ3v) is 7.68. The van der Waals surface area contributed by atoms with Crippen LogP contribution in [-0.4, -0.2) is 62.6 Å². The number of amides is 2. The summed E-state index contributed by atoms with van der Waals surface area (Å²) >= 11 is 0. The number of carbonyl (C=O) groups excluding carboxylic acids is 3. The molecular formula is C32H35N3O5. The van der Waals surface area contributed by atoms with Gasteiger partial charge in [-0.2, -0.15) is 0 Å². The van der Waals surface area contributed by atoms with Crippen molar-refractivity contribution >= 4 is 29.7 Å². The van der Waals surface area contributed by atoms with Gasteiger partial charge in [-0.05, 0) is 48.9 Å². The molecule has 0 aliphatic carbocycles. The molecule has 8 nitrogen and oxygen atoms in total. The fourth-order valence-corrected chi connectivity index (χ4v) is 5.55. The molecule has 3 aromatic rings. The van der Waals surface area contributed by atoms with Crippen LogP contribution in [0.5, 0.6) is 5.75 Å². The average Bonchev–Trinajstić information content (AvgIpc) is 3.00. The van der Waals surface area contributed by atoms with Gasteiger partial charge in [-0.25, -0.2) is 4.79 Å². The van der Waals surface area contributed by atoms with E-state index in [0.29, 0.717) is 36.5 Å². The third kappa shape index (κ3) is 6.34. The summed E-state index contributed by atoms with van der Waals surface area (Å²) in [5, 5.41) is 2.91. The molecule has 0 aromatic heterocycles. The maximum Gasteiger partial charge on any atom is 0.411 e. The number of aryl methyl sites for hydroxylation is 1. The molecular weight excluding hydrogens is 506 g/mol. The van der Waals surface area contributed by atoms with Gasteiger partial charge < -0.3 is 19.3 Å². The number of ether oxygens (including phenoxy) is 2. The van der Waals surface area contributed by atoms with Crippen molar-refractivity contribution in [3.8, 4) is 16.9 Å². The molecule has 2 aliphatic heterocycles. The smallest absolute Gasteiger partial charge is 0.411 e. The molecule has 40 heavy (non-hydrogen) atoms. The average molecular weight is 542 g/mol. The van der Waals surface area contributed by atoms with Crippen molar-refractivity contribution in [3.05, 3.63) is 77.9 Å². The van der Waals surface area contributed by atoms with Gasteiger partial charge in [0.2, 0.25) is 5.91 Å². The molecule has 0 bridgehead atoms. The second kappa shape index (κ2) is 12.8. The third-order valence-electron chi connectivity index (χ3n) is 7.68. The van der Waals surface area contributed by atoms with Gasteiger partial charge in [-0.1, -0.05) is 48.5 Å². The first-order valence-electron chi connectivity index (χ1n) is 13.9. The molecule has 208 valence electrons. The van der Waals surface area contributed by atoms with Crippen LogP contribution < -0.4 is 15.0 Å². The number of nitrogens with zero attached hydrogens (tertiary/aromatic N) is 2. The van der Waals surface area contributed by atoms with E-state index in [0.717, 1.165) is 67.4 Å². The summed E-state index contributed by atoms with van der Waals surface area (Å²) in [5.41, 5.74) is 5.04. The first-order valence-corrected chi connectivity index (χ1v) is 13.9. The summed E-state index contributed by atoms with van der Waals surface area (Å²) in [5.74, 6) is 0.555. The highest BCUT2D eigenvalue weighted by molar-refractivity contribution is 5.96. The maximum absolute atomic E-state index is 13.2. The van der Waals surface area contributed by atoms with Crippen LogP contribution in [0.1, 0.15) is 41.6 Å². The Labute approximate surface area is 234 Å². The number of likely N-dealkylation sites (tertiary alicyclic amines) is 1. The Bertz CT molecular complexity index is 1350. The second-order valence-corrected chi connectivity index (χ2v) is 10.2. The predicted octanol–water partition coefficient (Wildman–Crippen LogP) is 5.56. The lowest BCUT2D eigenvalue weighted by atomic mass is 9.98. The fraction of sp³-hybridized carbons (Fsp3) is 0.344. The number of hydrogen-bond donors (Lipinski definition) is 1. The zero-order chi connectivity index (χ0) is 27.9. The van der Waals surface area contributed by atoms with E-state index in [1.807, 2.05) is 71.6 Å². The zero-order valence-electron chi connectivity index (χ0n) is 22.8. The number of benzene rings is 3. The number of para-hydroxylation sites is 1. The number of methoxy groups -OCH3 is 1. The molecule has 0 radical (unpaired) electrons. The van der Waals surface area contributed by atoms with Gasteiger partial charge in [0.15, 0.2) is 6.29 Å². The highest BCUT2D eigenvalue weighted by Crippen LogP contribution is 2.34. The number of hydrogen-bond acceptors (Lipinski definition) is 6. The number of fused-ring (bicyclic) bond motifs is 1. The first kappa shape index (κ1) is 27.4. The maximum atomic E-state index is 13.2. The van der Waals surface area contributed by atoms with Gasteiger partial charge in [0.1, 0.15) is 11.9 Å². The van der Waals surface area contributed by atoms with Crippen molar-refractivity contribution in [2.24, 2.45) is 0 Å². The molecule has 2 heterocycles. The zero-order valence-corrected chi connectivity index (χ0v) is 22.8. The summed E-state index contributed by atoms with van der Waals surface area (Å²) in [4.78, 5) is 41.4. The molecule has 0 unspecified atom stereocenters. The molecule has 8 heteroatoms. The topological polar surface area (TPSA) is 88.2 Å². The van der Waals surface area contributed by atoms with Gasteiger partial charge in [0, 0.05) is 44.2 Å². The van der Waals surface area contributed by atoms with E-state index >= 15 is 0 Å². The van der Waals surface area contributed by atoms with Crippen molar-refractivity contribution in [2.45, 2.75) is 38.2 Å². The highest BCUT2D eigenvalue weighted by Gasteiger charge is 2.27. The molecule has 2 aliphatic rings. The number of carbonyl (C=O) groups is 3. The van der Waals surface area contributed by atoms with E-state index in [2.05, 4.69) is 10.2 Å². The number of rotatable bonds is 8. The largest absolute Gasteiger partial charge is 0.496 e. The quantitative estimate of drug-likeness (QED) is 0.376. The minimum absolute atomic E-state index is 0.0664. The number of piperidine rings is 1. The Balaban J connectivity index is 1.10. The SMILES string of the molecule is COc1cc2c(cc1C=O)CCCN2C(=O)CCN1CCC(OC(=O)Nc2ccccc2-c2ccccc2)CC1. The Morgan fingerprint density at radius 3 is 2.50 bits per heavy atom. The summed E-state index contributed by atoms with van der Waals surface area (Å²) < 4.78 is 11.1. The van der Waals surface area contributed by atoms with Crippen LogP contribution in [0.3, 0.4) is 0 Å². The Hall–Kier alpha value is -4.17. The summed E-state index contributed by atoms with van der Waals surface area (Å²) in [6.07, 6.45) is 3.73. The van der Waals surface area contributed by atoms with Crippen LogP contribution in [0.25, 0.3) is 11.1 Å². The van der Waals surface area contributed by atoms with Crippen LogP contribution >= 0.6 is 0 Å². The van der Waals surface area contributed by atoms with Gasteiger partial charge in [-0.15, -0.1) is 0 Å². The van der Waals surface area contributed by atoms with Gasteiger partial charge in [0.25, 0.3) is 0 Å². The van der Waals surface area contributed by atoms with Crippen molar-refractivity contribution in [1.82, 2.24) is 4.90 Å². The van der Waals surface area contributed by atoms with Crippen LogP contribution in [-0.2, 0) is 16.0 Å². The molecule has 0 atom stereocenters. The molecule has 5 rings (SSSR count). The van der Waals surface area contributed by atoms with E-state index in [4.69, 9.17) is 9.47 Å². The molecule has 1 N–H and O–H groups in total. The molecule has 3 aromatic carbocycles. The molecule has 2 amide bonds. The number of nitrogens with one attached hydrogen (secondary N) is 1. The van der Waals surface area contributed by atoms with Crippen molar-refractivity contribution in [3.63, 3.8) is 0 Å². The number of aldehydes is 1. The van der Waals surface area contributed by atoms with Crippen LogP contribution in [0.2, 0.25) is 0 Å². The van der Waals surface area contributed by atoms with Crippen molar-refractivity contribution < 1.29 is 23.9 Å². The Morgan fingerprint density at radius 1 is 1.00 bits per heavy atom. The predicted molar refractivity (Wildman–Crippen MR) is 155 cm³/mol. The lowest BCUT2D eigenvalue weighted by molar-refractivity contribution is -0.119. The standard InChI is InChI=1S/C32H35N3O5/c1-39-30-21-29-24(20-25(30)22-36)10-7-16-35(29)31(37)15-19-34-17-13-26(14-18-34)40-32(38)33-28-12-6-5-11-27(28)23-8-3-2-4-9-23/h2-6,8-9,11-12,20-22,26H,7,10,13-19H2,1H3,(H,33,38). The minimum Gasteiger partial charge on any atom is -0.496 e. The van der Waals surface area contributed by atoms with Crippen molar-refractivity contribution in [1.29, 1.82) is 0 Å². The van der Waals surface area contributed by atoms with E-state index in [-0.39, 0.29) is 12.0 Å². The van der Waals surface area contributed by atoms with Gasteiger partial charge >= 0.3 is 6.09 Å². The van der Waals surface area contributed by atoms with E-state index in [9.17, 15) is 14.4 Å². The summed E-state index contributed by atoms with van der Waals surface area (Å²) in [6.45, 7) is 2.84. The normalized spacial score (nSPS) is 15.7. The van der Waals surface area contributed by atoms with E-state index < -0.39 is 6.09 Å². The second-order valence-electron chi connectivity index (χ2n) is 10.2. The fourth-order valence-electron chi connectivity index (χ4n) is 5.55. The van der Waals surface area contributed by atoms with E-state index in [1.165, 1.54) is 7.11 Å². The molecule has 1 saturated heterocycles. The summed E-state index contributed by atoms with van der Waals surface area (Å²) in [7, 11) is 1.53. The highest BCUT2D eigenvalue weighted by atomic mass is 16.6. The van der Waals surface area contributed by atoms with Crippen LogP contribution in [0.4, 0.5) is 16.2 Å². The number of anilines is 2. The first-order chi connectivity index (χ1) is 19.6. The van der Waals surface area contributed by atoms with Crippen LogP contribution in [0, 0.1) is 0 Å². The lowest BCUT2D eigenvalue weighted by Crippen LogP contribution is -2.41. The monoisotopic (exact) mass is 541 g/mol.